The third-order valence-corrected chi connectivity index (χ3v) is 1.98. The highest BCUT2D eigenvalue weighted by molar-refractivity contribution is 5.08. The molecule has 1 rings (SSSR count). The quantitative estimate of drug-likeness (QED) is 0.694. The summed E-state index contributed by atoms with van der Waals surface area (Å²) >= 11 is 0. The van der Waals surface area contributed by atoms with Gasteiger partial charge in [0.1, 0.15) is 0 Å². The predicted octanol–water partition coefficient (Wildman–Crippen LogP) is 0.561. The van der Waals surface area contributed by atoms with Crippen molar-refractivity contribution in [3.05, 3.63) is 30.1 Å². The van der Waals surface area contributed by atoms with Crippen LogP contribution < -0.4 is 11.1 Å². The molecule has 13 heavy (non-hydrogen) atoms. The fourth-order valence-electron chi connectivity index (χ4n) is 1.09. The van der Waals surface area contributed by atoms with Crippen molar-refractivity contribution >= 4 is 0 Å². The first-order chi connectivity index (χ1) is 6.33. The van der Waals surface area contributed by atoms with Gasteiger partial charge in [0, 0.05) is 25.0 Å². The van der Waals surface area contributed by atoms with Crippen molar-refractivity contribution in [1.82, 2.24) is 10.3 Å². The molecule has 1 aromatic rings. The molecule has 0 aliphatic rings. The lowest BCUT2D eigenvalue weighted by atomic mass is 10.2. The van der Waals surface area contributed by atoms with Gasteiger partial charge in [0.15, 0.2) is 0 Å². The lowest BCUT2D eigenvalue weighted by molar-refractivity contribution is 0.559. The molecule has 0 spiro atoms. The summed E-state index contributed by atoms with van der Waals surface area (Å²) in [4.78, 5) is 4.05. The lowest BCUT2D eigenvalue weighted by Gasteiger charge is -2.10. The average Bonchev–Trinajstić information content (AvgIpc) is 2.19. The fourth-order valence-corrected chi connectivity index (χ4v) is 1.09. The van der Waals surface area contributed by atoms with Crippen molar-refractivity contribution in [3.63, 3.8) is 0 Å². The number of hydrogen-bond donors (Lipinski definition) is 2. The van der Waals surface area contributed by atoms with Crippen molar-refractivity contribution in [2.75, 3.05) is 13.1 Å². The Morgan fingerprint density at radius 2 is 2.46 bits per heavy atom. The highest BCUT2D eigenvalue weighted by atomic mass is 14.9. The van der Waals surface area contributed by atoms with Crippen molar-refractivity contribution in [2.45, 2.75) is 19.4 Å². The molecule has 0 aromatic carbocycles. The van der Waals surface area contributed by atoms with Gasteiger partial charge in [0.05, 0.1) is 0 Å². The summed E-state index contributed by atoms with van der Waals surface area (Å²) in [5.41, 5.74) is 6.74. The standard InChI is InChI=1S/C10H17N3/c1-9(7-11)13-6-4-10-3-2-5-12-8-10/h2-3,5,8-9,13H,4,6-7,11H2,1H3/t9-/m0/s1. The monoisotopic (exact) mass is 179 g/mol. The molecule has 0 saturated heterocycles. The normalized spacial score (nSPS) is 12.8. The van der Waals surface area contributed by atoms with E-state index in [2.05, 4.69) is 23.3 Å². The predicted molar refractivity (Wildman–Crippen MR) is 54.5 cm³/mol. The number of hydrogen-bond acceptors (Lipinski definition) is 3. The van der Waals surface area contributed by atoms with Gasteiger partial charge in [-0.15, -0.1) is 0 Å². The maximum absolute atomic E-state index is 5.48. The Kier molecular flexibility index (Phi) is 4.43. The number of nitrogens with one attached hydrogen (secondary N) is 1. The highest BCUT2D eigenvalue weighted by Crippen LogP contribution is 1.95. The molecular weight excluding hydrogens is 162 g/mol. The number of rotatable bonds is 5. The van der Waals surface area contributed by atoms with Crippen LogP contribution in [0.2, 0.25) is 0 Å². The number of nitrogens with two attached hydrogens (primary N) is 1. The Bertz CT molecular complexity index is 223. The minimum Gasteiger partial charge on any atom is -0.329 e. The third-order valence-electron chi connectivity index (χ3n) is 1.98. The zero-order valence-corrected chi connectivity index (χ0v) is 8.03. The first-order valence-electron chi connectivity index (χ1n) is 4.65. The Labute approximate surface area is 79.4 Å². The van der Waals surface area contributed by atoms with Crippen molar-refractivity contribution in [3.8, 4) is 0 Å². The van der Waals surface area contributed by atoms with Crippen LogP contribution in [0.4, 0.5) is 0 Å². The van der Waals surface area contributed by atoms with E-state index < -0.39 is 0 Å². The first-order valence-corrected chi connectivity index (χ1v) is 4.65. The van der Waals surface area contributed by atoms with E-state index in [1.165, 1.54) is 5.56 Å². The molecule has 3 heteroatoms. The van der Waals surface area contributed by atoms with E-state index >= 15 is 0 Å². The Morgan fingerprint density at radius 3 is 3.08 bits per heavy atom. The molecule has 0 bridgehead atoms. The summed E-state index contributed by atoms with van der Waals surface area (Å²) in [5.74, 6) is 0. The van der Waals surface area contributed by atoms with Gasteiger partial charge in [0.2, 0.25) is 0 Å². The molecule has 3 N–H and O–H groups in total. The maximum atomic E-state index is 5.48. The van der Waals surface area contributed by atoms with Crippen LogP contribution in [0.25, 0.3) is 0 Å². The maximum Gasteiger partial charge on any atom is 0.0300 e. The smallest absolute Gasteiger partial charge is 0.0300 e. The second-order valence-electron chi connectivity index (χ2n) is 3.20. The molecule has 0 aliphatic heterocycles. The number of pyridine rings is 1. The minimum atomic E-state index is 0.400. The van der Waals surface area contributed by atoms with Crippen molar-refractivity contribution < 1.29 is 0 Å². The van der Waals surface area contributed by atoms with Crippen molar-refractivity contribution in [2.24, 2.45) is 5.73 Å². The van der Waals surface area contributed by atoms with Gasteiger partial charge >= 0.3 is 0 Å². The third kappa shape index (κ3) is 4.01. The Balaban J connectivity index is 2.20. The summed E-state index contributed by atoms with van der Waals surface area (Å²) in [6, 6.07) is 4.44. The van der Waals surface area contributed by atoms with Crippen LogP contribution in [-0.2, 0) is 6.42 Å². The van der Waals surface area contributed by atoms with Gasteiger partial charge < -0.3 is 11.1 Å². The number of aromatic nitrogens is 1. The molecule has 1 heterocycles. The van der Waals surface area contributed by atoms with Crippen LogP contribution in [0.5, 0.6) is 0 Å². The Hall–Kier alpha value is -0.930. The first kappa shape index (κ1) is 10.2. The van der Waals surface area contributed by atoms with Crippen LogP contribution in [-0.4, -0.2) is 24.1 Å². The van der Waals surface area contributed by atoms with E-state index in [9.17, 15) is 0 Å². The summed E-state index contributed by atoms with van der Waals surface area (Å²) < 4.78 is 0. The van der Waals surface area contributed by atoms with Crippen LogP contribution in [0.15, 0.2) is 24.5 Å². The van der Waals surface area contributed by atoms with Gasteiger partial charge in [-0.25, -0.2) is 0 Å². The van der Waals surface area contributed by atoms with Gasteiger partial charge in [0.25, 0.3) is 0 Å². The molecule has 3 nitrogen and oxygen atoms in total. The van der Waals surface area contributed by atoms with Crippen LogP contribution in [0, 0.1) is 0 Å². The topological polar surface area (TPSA) is 50.9 Å². The molecule has 0 amide bonds. The molecule has 0 saturated carbocycles. The van der Waals surface area contributed by atoms with Gasteiger partial charge in [-0.1, -0.05) is 6.07 Å². The fraction of sp³-hybridized carbons (Fsp3) is 0.500. The molecule has 0 fully saturated rings. The second kappa shape index (κ2) is 5.67. The zero-order valence-electron chi connectivity index (χ0n) is 8.03. The van der Waals surface area contributed by atoms with Crippen LogP contribution >= 0.6 is 0 Å². The van der Waals surface area contributed by atoms with E-state index in [1.807, 2.05) is 12.3 Å². The molecule has 1 aromatic heterocycles. The van der Waals surface area contributed by atoms with Crippen molar-refractivity contribution in [1.29, 1.82) is 0 Å². The molecule has 72 valence electrons. The van der Waals surface area contributed by atoms with E-state index in [0.717, 1.165) is 13.0 Å². The van der Waals surface area contributed by atoms with Crippen LogP contribution in [0.1, 0.15) is 12.5 Å². The average molecular weight is 179 g/mol. The van der Waals surface area contributed by atoms with Gasteiger partial charge in [-0.3, -0.25) is 4.98 Å². The summed E-state index contributed by atoms with van der Waals surface area (Å²) in [6.45, 7) is 3.74. The Morgan fingerprint density at radius 1 is 1.62 bits per heavy atom. The van der Waals surface area contributed by atoms with E-state index in [1.54, 1.807) is 6.20 Å². The van der Waals surface area contributed by atoms with Gasteiger partial charge in [-0.2, -0.15) is 0 Å². The molecule has 0 aliphatic carbocycles. The largest absolute Gasteiger partial charge is 0.329 e. The SMILES string of the molecule is C[C@@H](CN)NCCc1cccnc1. The minimum absolute atomic E-state index is 0.400. The molecular formula is C10H17N3. The van der Waals surface area contributed by atoms with Gasteiger partial charge in [-0.05, 0) is 31.5 Å². The molecule has 1 atom stereocenters. The molecule has 0 radical (unpaired) electrons. The summed E-state index contributed by atoms with van der Waals surface area (Å²) in [6.07, 6.45) is 4.70. The summed E-state index contributed by atoms with van der Waals surface area (Å²) in [7, 11) is 0. The lowest BCUT2D eigenvalue weighted by Crippen LogP contribution is -2.34. The number of nitrogens with zero attached hydrogens (tertiary/aromatic N) is 1. The molecule has 0 unspecified atom stereocenters. The van der Waals surface area contributed by atoms with E-state index in [4.69, 9.17) is 5.73 Å². The second-order valence-corrected chi connectivity index (χ2v) is 3.20. The highest BCUT2D eigenvalue weighted by Gasteiger charge is 1.96. The van der Waals surface area contributed by atoms with E-state index in [-0.39, 0.29) is 0 Å². The van der Waals surface area contributed by atoms with Crippen LogP contribution in [0.3, 0.4) is 0 Å². The van der Waals surface area contributed by atoms with E-state index in [0.29, 0.717) is 12.6 Å². The summed E-state index contributed by atoms with van der Waals surface area (Å²) in [5, 5.41) is 3.33. The zero-order chi connectivity index (χ0) is 9.52.